The highest BCUT2D eigenvalue weighted by atomic mass is 19.1. The molecule has 0 aliphatic heterocycles. The predicted octanol–water partition coefficient (Wildman–Crippen LogP) is 2.47. The topological polar surface area (TPSA) is 108 Å². The molecule has 0 unspecified atom stereocenters. The van der Waals surface area contributed by atoms with Crippen molar-refractivity contribution in [1.29, 1.82) is 0 Å². The van der Waals surface area contributed by atoms with E-state index in [9.17, 15) is 24.1 Å². The second kappa shape index (κ2) is 8.56. The molecule has 136 valence electrons. The van der Waals surface area contributed by atoms with Gasteiger partial charge in [0.15, 0.2) is 18.2 Å². The molecule has 26 heavy (non-hydrogen) atoms. The van der Waals surface area contributed by atoms with Crippen LogP contribution in [0.1, 0.15) is 5.56 Å². The Balaban J connectivity index is 1.88. The molecule has 8 nitrogen and oxygen atoms in total. The fourth-order valence-corrected chi connectivity index (χ4v) is 2.11. The molecule has 2 aromatic carbocycles. The number of nitro benzene ring substituents is 1. The molecule has 0 saturated carbocycles. The van der Waals surface area contributed by atoms with E-state index in [4.69, 9.17) is 9.47 Å². The smallest absolute Gasteiger partial charge is 0.310 e. The van der Waals surface area contributed by atoms with Crippen LogP contribution in [0.4, 0.5) is 15.8 Å². The quantitative estimate of drug-likeness (QED) is 0.460. The van der Waals surface area contributed by atoms with Crippen LogP contribution in [0.2, 0.25) is 0 Å². The number of nitrogens with zero attached hydrogens (tertiary/aromatic N) is 1. The van der Waals surface area contributed by atoms with E-state index in [1.807, 2.05) is 0 Å². The van der Waals surface area contributed by atoms with Crippen LogP contribution < -0.4 is 10.1 Å². The fraction of sp³-hybridized carbons (Fsp3) is 0.176. The third-order valence-electron chi connectivity index (χ3n) is 3.30. The molecule has 9 heteroatoms. The molecule has 0 saturated heterocycles. The van der Waals surface area contributed by atoms with Crippen LogP contribution in [-0.2, 0) is 20.7 Å². The Hall–Kier alpha value is -3.49. The third kappa shape index (κ3) is 5.00. The van der Waals surface area contributed by atoms with Gasteiger partial charge in [0.1, 0.15) is 5.69 Å². The van der Waals surface area contributed by atoms with Crippen molar-refractivity contribution in [2.45, 2.75) is 6.42 Å². The monoisotopic (exact) mass is 362 g/mol. The Morgan fingerprint density at radius 3 is 2.62 bits per heavy atom. The number of benzene rings is 2. The molecule has 0 fully saturated rings. The number of carbonyl (C=O) groups is 2. The predicted molar refractivity (Wildman–Crippen MR) is 89.3 cm³/mol. The molecule has 0 bridgehead atoms. The Morgan fingerprint density at radius 2 is 1.96 bits per heavy atom. The highest BCUT2D eigenvalue weighted by Crippen LogP contribution is 2.23. The van der Waals surface area contributed by atoms with Gasteiger partial charge in [-0.2, -0.15) is 0 Å². The number of carbonyl (C=O) groups excluding carboxylic acids is 2. The van der Waals surface area contributed by atoms with Gasteiger partial charge < -0.3 is 14.8 Å². The zero-order chi connectivity index (χ0) is 19.1. The summed E-state index contributed by atoms with van der Waals surface area (Å²) in [4.78, 5) is 33.8. The van der Waals surface area contributed by atoms with Gasteiger partial charge in [-0.15, -0.1) is 0 Å². The van der Waals surface area contributed by atoms with Crippen molar-refractivity contribution in [3.63, 3.8) is 0 Å². The standard InChI is InChI=1S/C17H15FN2O6/c1-25-15-7-6-11(8-12(15)18)9-17(22)26-10-16(21)19-13-4-2-3-5-14(13)20(23)24/h2-8H,9-10H2,1H3,(H,19,21). The molecule has 1 N–H and O–H groups in total. The van der Waals surface area contributed by atoms with E-state index in [0.29, 0.717) is 5.56 Å². The van der Waals surface area contributed by atoms with Crippen LogP contribution in [0.5, 0.6) is 5.75 Å². The summed E-state index contributed by atoms with van der Waals surface area (Å²) in [6.45, 7) is -0.622. The van der Waals surface area contributed by atoms with E-state index in [-0.39, 0.29) is 23.5 Å². The number of para-hydroxylation sites is 2. The van der Waals surface area contributed by atoms with Gasteiger partial charge in [0, 0.05) is 6.07 Å². The van der Waals surface area contributed by atoms with Crippen molar-refractivity contribution < 1.29 is 28.4 Å². The summed E-state index contributed by atoms with van der Waals surface area (Å²) in [5.74, 6) is -2.04. The van der Waals surface area contributed by atoms with Crippen LogP contribution in [0.3, 0.4) is 0 Å². The first-order valence-electron chi connectivity index (χ1n) is 7.42. The summed E-state index contributed by atoms with van der Waals surface area (Å²) < 4.78 is 23.1. The van der Waals surface area contributed by atoms with Gasteiger partial charge in [0.2, 0.25) is 0 Å². The van der Waals surface area contributed by atoms with Crippen molar-refractivity contribution in [2.24, 2.45) is 0 Å². The molecule has 1 amide bonds. The molecule has 0 spiro atoms. The van der Waals surface area contributed by atoms with Crippen molar-refractivity contribution in [3.05, 3.63) is 64.0 Å². The van der Waals surface area contributed by atoms with E-state index in [1.165, 1.54) is 43.5 Å². The van der Waals surface area contributed by atoms with Gasteiger partial charge in [-0.3, -0.25) is 19.7 Å². The molecule has 2 aromatic rings. The van der Waals surface area contributed by atoms with Gasteiger partial charge in [-0.05, 0) is 23.8 Å². The molecule has 0 radical (unpaired) electrons. The van der Waals surface area contributed by atoms with Gasteiger partial charge in [-0.1, -0.05) is 18.2 Å². The number of halogens is 1. The molecular weight excluding hydrogens is 347 g/mol. The third-order valence-corrected chi connectivity index (χ3v) is 3.30. The minimum Gasteiger partial charge on any atom is -0.494 e. The highest BCUT2D eigenvalue weighted by Gasteiger charge is 2.16. The Labute approximate surface area is 147 Å². The number of hydrogen-bond acceptors (Lipinski definition) is 6. The number of esters is 1. The Kier molecular flexibility index (Phi) is 6.20. The lowest BCUT2D eigenvalue weighted by molar-refractivity contribution is -0.383. The number of nitrogens with one attached hydrogen (secondary N) is 1. The summed E-state index contributed by atoms with van der Waals surface area (Å²) >= 11 is 0. The van der Waals surface area contributed by atoms with E-state index >= 15 is 0 Å². The SMILES string of the molecule is COc1ccc(CC(=O)OCC(=O)Nc2ccccc2[N+](=O)[O-])cc1F. The molecule has 0 aliphatic rings. The highest BCUT2D eigenvalue weighted by molar-refractivity contribution is 5.94. The summed E-state index contributed by atoms with van der Waals surface area (Å²) in [5.41, 5.74) is 0.0732. The maximum atomic E-state index is 13.6. The van der Waals surface area contributed by atoms with Crippen LogP contribution >= 0.6 is 0 Å². The van der Waals surface area contributed by atoms with Crippen LogP contribution in [0.25, 0.3) is 0 Å². The summed E-state index contributed by atoms with van der Waals surface area (Å²) in [6.07, 6.45) is -0.236. The first-order chi connectivity index (χ1) is 12.4. The number of amides is 1. The molecule has 2 rings (SSSR count). The molecular formula is C17H15FN2O6. The van der Waals surface area contributed by atoms with Crippen LogP contribution in [0, 0.1) is 15.9 Å². The number of ether oxygens (including phenoxy) is 2. The average Bonchev–Trinajstić information content (AvgIpc) is 2.60. The second-order valence-electron chi connectivity index (χ2n) is 5.13. The van der Waals surface area contributed by atoms with Gasteiger partial charge in [0.25, 0.3) is 11.6 Å². The van der Waals surface area contributed by atoms with E-state index in [2.05, 4.69) is 5.32 Å². The minimum atomic E-state index is -0.743. The molecule has 0 heterocycles. The number of anilines is 1. The molecule has 0 aromatic heterocycles. The zero-order valence-electron chi connectivity index (χ0n) is 13.7. The van der Waals surface area contributed by atoms with Gasteiger partial charge in [-0.25, -0.2) is 4.39 Å². The lowest BCUT2D eigenvalue weighted by atomic mass is 10.1. The average molecular weight is 362 g/mol. The van der Waals surface area contributed by atoms with Crippen molar-refractivity contribution >= 4 is 23.3 Å². The van der Waals surface area contributed by atoms with Crippen molar-refractivity contribution in [3.8, 4) is 5.75 Å². The normalized spacial score (nSPS) is 10.1. The number of nitro groups is 1. The van der Waals surface area contributed by atoms with Crippen LogP contribution in [0.15, 0.2) is 42.5 Å². The first kappa shape index (κ1) is 18.8. The zero-order valence-corrected chi connectivity index (χ0v) is 13.7. The first-order valence-corrected chi connectivity index (χ1v) is 7.42. The molecule has 0 atom stereocenters. The van der Waals surface area contributed by atoms with E-state index in [1.54, 1.807) is 0 Å². The van der Waals surface area contributed by atoms with Crippen molar-refractivity contribution in [1.82, 2.24) is 0 Å². The number of methoxy groups -OCH3 is 1. The number of hydrogen-bond donors (Lipinski definition) is 1. The maximum absolute atomic E-state index is 13.6. The van der Waals surface area contributed by atoms with E-state index in [0.717, 1.165) is 6.07 Å². The van der Waals surface area contributed by atoms with Crippen molar-refractivity contribution in [2.75, 3.05) is 19.0 Å². The Morgan fingerprint density at radius 1 is 1.23 bits per heavy atom. The van der Waals surface area contributed by atoms with E-state index < -0.39 is 29.2 Å². The fourth-order valence-electron chi connectivity index (χ4n) is 2.11. The summed E-state index contributed by atoms with van der Waals surface area (Å²) in [6, 6.07) is 9.58. The maximum Gasteiger partial charge on any atom is 0.310 e. The lowest BCUT2D eigenvalue weighted by Gasteiger charge is -2.08. The minimum absolute atomic E-state index is 0.00391. The van der Waals surface area contributed by atoms with Crippen LogP contribution in [-0.4, -0.2) is 30.5 Å². The Bertz CT molecular complexity index is 840. The number of rotatable bonds is 7. The largest absolute Gasteiger partial charge is 0.494 e. The van der Waals surface area contributed by atoms with Gasteiger partial charge >= 0.3 is 5.97 Å². The second-order valence-corrected chi connectivity index (χ2v) is 5.13. The summed E-state index contributed by atoms with van der Waals surface area (Å²) in [5, 5.41) is 13.2. The molecule has 0 aliphatic carbocycles. The lowest BCUT2D eigenvalue weighted by Crippen LogP contribution is -2.22. The summed E-state index contributed by atoms with van der Waals surface area (Å²) in [7, 11) is 1.32. The van der Waals surface area contributed by atoms with Gasteiger partial charge in [0.05, 0.1) is 18.5 Å².